The zero-order valence-electron chi connectivity index (χ0n) is 17.9. The van der Waals surface area contributed by atoms with Crippen molar-refractivity contribution in [3.8, 4) is 0 Å². The first kappa shape index (κ1) is 25.2. The predicted molar refractivity (Wildman–Crippen MR) is 127 cm³/mol. The normalized spacial score (nSPS) is 13.4. The number of halogens is 1. The standard InChI is InChI=1S/C21H33N5O2.HI/c1-5-22-20(24-13-18(27)25-21(2,3)4)23-12-8-11-19(28)26-14-16-9-6-7-10-17(16)15-26;/h6-7,9-10H,5,8,11-15H2,1-4H3,(H,25,27)(H2,22,23,24);1H. The first-order valence-electron chi connectivity index (χ1n) is 9.96. The number of fused-ring (bicyclic) bond motifs is 1. The minimum atomic E-state index is -0.270. The summed E-state index contributed by atoms with van der Waals surface area (Å²) in [6.07, 6.45) is 1.20. The number of aliphatic imine (C=N–C) groups is 1. The van der Waals surface area contributed by atoms with Crippen LogP contribution in [-0.2, 0) is 22.7 Å². The van der Waals surface area contributed by atoms with Gasteiger partial charge in [0.15, 0.2) is 5.96 Å². The van der Waals surface area contributed by atoms with Crippen molar-refractivity contribution in [1.29, 1.82) is 0 Å². The lowest BCUT2D eigenvalue weighted by molar-refractivity contribution is -0.131. The maximum absolute atomic E-state index is 12.4. The Morgan fingerprint density at radius 3 is 2.28 bits per heavy atom. The number of guanidine groups is 1. The molecule has 3 N–H and O–H groups in total. The van der Waals surface area contributed by atoms with Crippen LogP contribution in [0.15, 0.2) is 29.3 Å². The lowest BCUT2D eigenvalue weighted by atomic mass is 10.1. The second kappa shape index (κ2) is 12.0. The number of hydrogen-bond donors (Lipinski definition) is 3. The van der Waals surface area contributed by atoms with Gasteiger partial charge in [0.1, 0.15) is 6.54 Å². The lowest BCUT2D eigenvalue weighted by Gasteiger charge is -2.20. The van der Waals surface area contributed by atoms with E-state index in [0.717, 1.165) is 0 Å². The highest BCUT2D eigenvalue weighted by Crippen LogP contribution is 2.22. The van der Waals surface area contributed by atoms with Crippen molar-refractivity contribution in [3.05, 3.63) is 35.4 Å². The quantitative estimate of drug-likeness (QED) is 0.225. The van der Waals surface area contributed by atoms with Gasteiger partial charge in [-0.15, -0.1) is 24.0 Å². The topological polar surface area (TPSA) is 85.8 Å². The maximum Gasteiger partial charge on any atom is 0.242 e. The number of amides is 2. The molecule has 7 nitrogen and oxygen atoms in total. The summed E-state index contributed by atoms with van der Waals surface area (Å²) in [5.74, 6) is 0.644. The Kier molecular flexibility index (Phi) is 10.4. The molecule has 1 heterocycles. The Morgan fingerprint density at radius 1 is 1.10 bits per heavy atom. The van der Waals surface area contributed by atoms with Crippen LogP contribution < -0.4 is 16.0 Å². The molecular weight excluding hydrogens is 481 g/mol. The van der Waals surface area contributed by atoms with Crippen molar-refractivity contribution in [2.45, 2.75) is 59.2 Å². The molecule has 1 aliphatic rings. The largest absolute Gasteiger partial charge is 0.357 e. The lowest BCUT2D eigenvalue weighted by Crippen LogP contribution is -2.43. The summed E-state index contributed by atoms with van der Waals surface area (Å²) in [6.45, 7) is 10.6. The third-order valence-electron chi connectivity index (χ3n) is 4.29. The molecule has 1 aromatic rings. The zero-order chi connectivity index (χ0) is 20.6. The van der Waals surface area contributed by atoms with Crippen molar-refractivity contribution in [2.75, 3.05) is 19.6 Å². The molecule has 0 aliphatic carbocycles. The van der Waals surface area contributed by atoms with E-state index in [0.29, 0.717) is 45.0 Å². The fourth-order valence-corrected chi connectivity index (χ4v) is 3.06. The molecule has 162 valence electrons. The van der Waals surface area contributed by atoms with Crippen LogP contribution in [-0.4, -0.2) is 47.8 Å². The van der Waals surface area contributed by atoms with Crippen molar-refractivity contribution in [2.24, 2.45) is 4.99 Å². The summed E-state index contributed by atoms with van der Waals surface area (Å²) in [5.41, 5.74) is 2.21. The summed E-state index contributed by atoms with van der Waals surface area (Å²) < 4.78 is 0. The molecule has 0 unspecified atom stereocenters. The first-order valence-corrected chi connectivity index (χ1v) is 9.96. The molecule has 0 radical (unpaired) electrons. The SMILES string of the molecule is CCNC(=NCC(=O)NC(C)(C)C)NCCCC(=O)N1Cc2ccccc2C1.I. The van der Waals surface area contributed by atoms with E-state index in [1.807, 2.05) is 44.7 Å². The molecule has 0 atom stereocenters. The van der Waals surface area contributed by atoms with E-state index in [1.165, 1.54) is 11.1 Å². The molecule has 0 spiro atoms. The van der Waals surface area contributed by atoms with Gasteiger partial charge >= 0.3 is 0 Å². The molecule has 0 saturated heterocycles. The van der Waals surface area contributed by atoms with E-state index in [2.05, 4.69) is 33.1 Å². The highest BCUT2D eigenvalue weighted by molar-refractivity contribution is 14.0. The summed E-state index contributed by atoms with van der Waals surface area (Å²) in [5, 5.41) is 9.20. The van der Waals surface area contributed by atoms with Gasteiger partial charge in [0, 0.05) is 38.1 Å². The second-order valence-corrected chi connectivity index (χ2v) is 8.04. The zero-order valence-corrected chi connectivity index (χ0v) is 20.2. The number of hydrogen-bond acceptors (Lipinski definition) is 3. The number of nitrogens with zero attached hydrogens (tertiary/aromatic N) is 2. The van der Waals surface area contributed by atoms with Crippen LogP contribution >= 0.6 is 24.0 Å². The molecule has 2 rings (SSSR count). The van der Waals surface area contributed by atoms with Gasteiger partial charge in [0.2, 0.25) is 11.8 Å². The van der Waals surface area contributed by atoms with Gasteiger partial charge in [-0.1, -0.05) is 24.3 Å². The van der Waals surface area contributed by atoms with Crippen LogP contribution in [0.2, 0.25) is 0 Å². The Balaban J connectivity index is 0.00000420. The van der Waals surface area contributed by atoms with Gasteiger partial charge in [0.05, 0.1) is 0 Å². The Bertz CT molecular complexity index is 690. The van der Waals surface area contributed by atoms with E-state index < -0.39 is 0 Å². The van der Waals surface area contributed by atoms with E-state index in [-0.39, 0.29) is 47.9 Å². The Morgan fingerprint density at radius 2 is 1.72 bits per heavy atom. The van der Waals surface area contributed by atoms with Gasteiger partial charge in [-0.2, -0.15) is 0 Å². The second-order valence-electron chi connectivity index (χ2n) is 8.04. The summed E-state index contributed by atoms with van der Waals surface area (Å²) in [4.78, 5) is 30.5. The van der Waals surface area contributed by atoms with Crippen LogP contribution in [0.25, 0.3) is 0 Å². The average molecular weight is 515 g/mol. The smallest absolute Gasteiger partial charge is 0.242 e. The molecule has 8 heteroatoms. The molecule has 29 heavy (non-hydrogen) atoms. The van der Waals surface area contributed by atoms with E-state index >= 15 is 0 Å². The molecule has 0 aromatic heterocycles. The summed E-state index contributed by atoms with van der Waals surface area (Å²) in [7, 11) is 0. The highest BCUT2D eigenvalue weighted by atomic mass is 127. The van der Waals surface area contributed by atoms with Crippen LogP contribution in [0.4, 0.5) is 0 Å². The minimum Gasteiger partial charge on any atom is -0.357 e. The fraction of sp³-hybridized carbons (Fsp3) is 0.571. The monoisotopic (exact) mass is 515 g/mol. The van der Waals surface area contributed by atoms with Crippen molar-refractivity contribution in [1.82, 2.24) is 20.9 Å². The Hall–Kier alpha value is -1.84. The highest BCUT2D eigenvalue weighted by Gasteiger charge is 2.22. The number of rotatable bonds is 7. The number of benzene rings is 1. The van der Waals surface area contributed by atoms with Crippen molar-refractivity contribution < 1.29 is 9.59 Å². The summed E-state index contributed by atoms with van der Waals surface area (Å²) in [6, 6.07) is 8.19. The van der Waals surface area contributed by atoms with Crippen molar-refractivity contribution in [3.63, 3.8) is 0 Å². The maximum atomic E-state index is 12.4. The summed E-state index contributed by atoms with van der Waals surface area (Å²) >= 11 is 0. The van der Waals surface area contributed by atoms with Gasteiger partial charge < -0.3 is 20.9 Å². The molecule has 0 bridgehead atoms. The molecule has 2 amide bonds. The van der Waals surface area contributed by atoms with E-state index in [4.69, 9.17) is 0 Å². The van der Waals surface area contributed by atoms with Crippen LogP contribution in [0, 0.1) is 0 Å². The number of nitrogens with one attached hydrogen (secondary N) is 3. The van der Waals surface area contributed by atoms with Crippen LogP contribution in [0.1, 0.15) is 51.7 Å². The van der Waals surface area contributed by atoms with E-state index in [1.54, 1.807) is 0 Å². The van der Waals surface area contributed by atoms with Gasteiger partial charge in [-0.3, -0.25) is 9.59 Å². The van der Waals surface area contributed by atoms with Crippen LogP contribution in [0.5, 0.6) is 0 Å². The molecule has 1 aliphatic heterocycles. The first-order chi connectivity index (χ1) is 13.3. The third-order valence-corrected chi connectivity index (χ3v) is 4.29. The van der Waals surface area contributed by atoms with Gasteiger partial charge in [0.25, 0.3) is 0 Å². The van der Waals surface area contributed by atoms with E-state index in [9.17, 15) is 9.59 Å². The average Bonchev–Trinajstić information content (AvgIpc) is 3.05. The number of carbonyl (C=O) groups excluding carboxylic acids is 2. The third kappa shape index (κ3) is 9.01. The fourth-order valence-electron chi connectivity index (χ4n) is 3.06. The molecule has 0 saturated carbocycles. The van der Waals surface area contributed by atoms with Gasteiger partial charge in [-0.05, 0) is 45.2 Å². The predicted octanol–water partition coefficient (Wildman–Crippen LogP) is 2.40. The van der Waals surface area contributed by atoms with Crippen LogP contribution in [0.3, 0.4) is 0 Å². The molecular formula is C21H34IN5O2. The van der Waals surface area contributed by atoms with Crippen molar-refractivity contribution >= 4 is 41.8 Å². The molecule has 0 fully saturated rings. The van der Waals surface area contributed by atoms with Gasteiger partial charge in [-0.25, -0.2) is 4.99 Å². The Labute approximate surface area is 191 Å². The number of carbonyl (C=O) groups is 2. The minimum absolute atomic E-state index is 0. The molecule has 1 aromatic carbocycles.